The van der Waals surface area contributed by atoms with Gasteiger partial charge in [0.25, 0.3) is 5.91 Å². The number of anilines is 1. The molecule has 10 nitrogen and oxygen atoms in total. The summed E-state index contributed by atoms with van der Waals surface area (Å²) in [6.07, 6.45) is 0. The zero-order valence-electron chi connectivity index (χ0n) is 20.8. The lowest BCUT2D eigenvalue weighted by atomic mass is 10.1. The van der Waals surface area contributed by atoms with Crippen molar-refractivity contribution in [2.75, 3.05) is 71.9 Å². The summed E-state index contributed by atoms with van der Waals surface area (Å²) in [5, 5.41) is 3.84. The number of nitrogens with one attached hydrogen (secondary N) is 2. The zero-order chi connectivity index (χ0) is 25.7. The Kier molecular flexibility index (Phi) is 6.29. The van der Waals surface area contributed by atoms with Crippen molar-refractivity contribution in [3.63, 3.8) is 0 Å². The second-order valence-electron chi connectivity index (χ2n) is 9.74. The van der Waals surface area contributed by atoms with Gasteiger partial charge in [-0.05, 0) is 32.3 Å². The average Bonchev–Trinajstić information content (AvgIpc) is 3.27. The molecule has 5 heterocycles. The Labute approximate surface area is 216 Å². The number of rotatable bonds is 4. The molecular weight excluding hydrogens is 495 g/mol. The van der Waals surface area contributed by atoms with E-state index in [-0.39, 0.29) is 16.8 Å². The molecule has 194 valence electrons. The van der Waals surface area contributed by atoms with Crippen LogP contribution in [0, 0.1) is 5.82 Å². The zero-order valence-corrected chi connectivity index (χ0v) is 21.6. The van der Waals surface area contributed by atoms with Gasteiger partial charge in [0.1, 0.15) is 10.4 Å². The molecule has 0 saturated carbocycles. The number of hydrogen-bond donors (Lipinski definition) is 2. The van der Waals surface area contributed by atoms with Crippen molar-refractivity contribution in [1.29, 1.82) is 0 Å². The maximum absolute atomic E-state index is 15.3. The van der Waals surface area contributed by atoms with Crippen molar-refractivity contribution in [3.8, 4) is 0 Å². The van der Waals surface area contributed by atoms with Gasteiger partial charge in [-0.15, -0.1) is 11.3 Å². The highest BCUT2D eigenvalue weighted by Crippen LogP contribution is 2.31. The molecule has 4 aromatic rings. The number of halogens is 1. The third-order valence-electron chi connectivity index (χ3n) is 7.13. The summed E-state index contributed by atoms with van der Waals surface area (Å²) >= 11 is 1.36. The van der Waals surface area contributed by atoms with Crippen LogP contribution in [0.25, 0.3) is 26.1 Å². The van der Waals surface area contributed by atoms with Crippen molar-refractivity contribution in [2.24, 2.45) is 0 Å². The Morgan fingerprint density at radius 3 is 2.32 bits per heavy atom. The molecule has 2 saturated heterocycles. The molecule has 2 aliphatic heterocycles. The molecule has 1 amide bonds. The summed E-state index contributed by atoms with van der Waals surface area (Å²) in [5.74, 6) is -1.05. The van der Waals surface area contributed by atoms with E-state index in [0.29, 0.717) is 23.6 Å². The van der Waals surface area contributed by atoms with E-state index in [1.54, 1.807) is 0 Å². The van der Waals surface area contributed by atoms with Crippen molar-refractivity contribution in [1.82, 2.24) is 34.6 Å². The number of thiazole rings is 1. The fourth-order valence-electron chi connectivity index (χ4n) is 4.87. The van der Waals surface area contributed by atoms with Gasteiger partial charge in [0.2, 0.25) is 5.43 Å². The summed E-state index contributed by atoms with van der Waals surface area (Å²) in [6, 6.07) is 8.88. The first-order valence-corrected chi connectivity index (χ1v) is 13.2. The van der Waals surface area contributed by atoms with Gasteiger partial charge in [0.15, 0.2) is 17.3 Å². The van der Waals surface area contributed by atoms with E-state index in [1.165, 1.54) is 17.4 Å². The molecule has 0 unspecified atom stereocenters. The van der Waals surface area contributed by atoms with Crippen LogP contribution < -0.4 is 16.3 Å². The number of piperazine rings is 2. The van der Waals surface area contributed by atoms with Crippen LogP contribution in [0.2, 0.25) is 0 Å². The Balaban J connectivity index is 1.48. The standard InChI is InChI=1S/C25H29FN8O2S/c1-30-7-11-32(12-8-30)28-22-17(26)15-16-21(35)20(24(36)29-33-13-9-31(2)10-14-33)25-34(23(16)27-22)18-5-3-4-6-19(18)37-25/h3-6,15H,7-14H2,1-2H3,(H,27,28)(H,29,36). The first kappa shape index (κ1) is 24.2. The number of carbonyl (C=O) groups excluding carboxylic acids is 1. The number of fused-ring (bicyclic) bond motifs is 5. The third-order valence-corrected chi connectivity index (χ3v) is 8.27. The number of hydrazine groups is 2. The molecule has 2 N–H and O–H groups in total. The van der Waals surface area contributed by atoms with Gasteiger partial charge in [0.05, 0.1) is 15.6 Å². The first-order valence-electron chi connectivity index (χ1n) is 12.4. The normalized spacial score (nSPS) is 18.7. The maximum atomic E-state index is 15.3. The summed E-state index contributed by atoms with van der Waals surface area (Å²) in [6.45, 7) is 6.09. The van der Waals surface area contributed by atoms with Crippen LogP contribution in [-0.4, -0.2) is 102 Å². The number of amides is 1. The summed E-state index contributed by atoms with van der Waals surface area (Å²) < 4.78 is 18.0. The lowest BCUT2D eigenvalue weighted by Gasteiger charge is -2.32. The fraction of sp³-hybridized carbons (Fsp3) is 0.400. The average molecular weight is 525 g/mol. The number of aromatic nitrogens is 2. The number of hydrogen-bond acceptors (Lipinski definition) is 9. The molecular formula is C25H29FN8O2S. The first-order chi connectivity index (χ1) is 17.9. The van der Waals surface area contributed by atoms with Crippen LogP contribution in [0.4, 0.5) is 10.2 Å². The SMILES string of the molecule is CN1CCN(NC(=O)c2c(=O)c3cc(F)c(NN4CCN(C)CC4)nc3n3c2sc2ccccc23)CC1. The van der Waals surface area contributed by atoms with Crippen molar-refractivity contribution in [3.05, 3.63) is 51.9 Å². The molecule has 0 radical (unpaired) electrons. The quantitative estimate of drug-likeness (QED) is 0.417. The lowest BCUT2D eigenvalue weighted by Crippen LogP contribution is -2.53. The number of nitrogens with zero attached hydrogens (tertiary/aromatic N) is 6. The maximum Gasteiger partial charge on any atom is 0.272 e. The fourth-order valence-corrected chi connectivity index (χ4v) is 6.06. The van der Waals surface area contributed by atoms with Gasteiger partial charge in [-0.2, -0.15) is 0 Å². The number of benzene rings is 1. The van der Waals surface area contributed by atoms with Gasteiger partial charge in [-0.25, -0.2) is 19.4 Å². The van der Waals surface area contributed by atoms with Gasteiger partial charge >= 0.3 is 0 Å². The van der Waals surface area contributed by atoms with Gasteiger partial charge < -0.3 is 15.2 Å². The van der Waals surface area contributed by atoms with Crippen molar-refractivity contribution >= 4 is 49.1 Å². The molecule has 0 bridgehead atoms. The predicted molar refractivity (Wildman–Crippen MR) is 144 cm³/mol. The van der Waals surface area contributed by atoms with Crippen LogP contribution in [-0.2, 0) is 0 Å². The minimum atomic E-state index is -0.631. The molecule has 1 aromatic carbocycles. The Morgan fingerprint density at radius 2 is 1.62 bits per heavy atom. The molecule has 3 aromatic heterocycles. The molecule has 2 aliphatic rings. The van der Waals surface area contributed by atoms with Crippen LogP contribution in [0.1, 0.15) is 10.4 Å². The van der Waals surface area contributed by atoms with E-state index < -0.39 is 17.2 Å². The van der Waals surface area contributed by atoms with E-state index in [2.05, 4.69) is 32.7 Å². The van der Waals surface area contributed by atoms with E-state index >= 15 is 4.39 Å². The smallest absolute Gasteiger partial charge is 0.272 e. The molecule has 2 fully saturated rings. The highest BCUT2D eigenvalue weighted by Gasteiger charge is 2.26. The minimum Gasteiger partial charge on any atom is -0.304 e. The van der Waals surface area contributed by atoms with E-state index in [4.69, 9.17) is 0 Å². The third kappa shape index (κ3) is 4.44. The number of likely N-dealkylation sites (N-methyl/N-ethyl adjacent to an activating group) is 2. The second kappa shape index (κ2) is 9.62. The highest BCUT2D eigenvalue weighted by molar-refractivity contribution is 7.24. The van der Waals surface area contributed by atoms with Crippen molar-refractivity contribution < 1.29 is 9.18 Å². The molecule has 0 atom stereocenters. The van der Waals surface area contributed by atoms with Gasteiger partial charge in [-0.1, -0.05) is 12.1 Å². The Morgan fingerprint density at radius 1 is 0.973 bits per heavy atom. The minimum absolute atomic E-state index is 0.00797. The van der Waals surface area contributed by atoms with Gasteiger partial charge in [0, 0.05) is 52.4 Å². The summed E-state index contributed by atoms with van der Waals surface area (Å²) in [7, 11) is 4.08. The molecule has 0 spiro atoms. The Hall–Kier alpha value is -3.16. The summed E-state index contributed by atoms with van der Waals surface area (Å²) in [5.41, 5.74) is 6.63. The molecule has 6 rings (SSSR count). The predicted octanol–water partition coefficient (Wildman–Crippen LogP) is 1.67. The second-order valence-corrected chi connectivity index (χ2v) is 10.8. The largest absolute Gasteiger partial charge is 0.304 e. The van der Waals surface area contributed by atoms with Gasteiger partial charge in [-0.3, -0.25) is 19.4 Å². The number of para-hydroxylation sites is 1. The molecule has 0 aliphatic carbocycles. The highest BCUT2D eigenvalue weighted by atomic mass is 32.1. The van der Waals surface area contributed by atoms with E-state index in [9.17, 15) is 9.59 Å². The van der Waals surface area contributed by atoms with Crippen LogP contribution in [0.5, 0.6) is 0 Å². The van der Waals surface area contributed by atoms with E-state index in [0.717, 1.165) is 49.5 Å². The Bertz CT molecular complexity index is 1550. The number of carbonyl (C=O) groups is 1. The lowest BCUT2D eigenvalue weighted by molar-refractivity contribution is 0.0663. The van der Waals surface area contributed by atoms with Crippen LogP contribution in [0.3, 0.4) is 0 Å². The van der Waals surface area contributed by atoms with Crippen molar-refractivity contribution in [2.45, 2.75) is 0 Å². The topological polar surface area (TPSA) is 88.5 Å². The van der Waals surface area contributed by atoms with Crippen LogP contribution >= 0.6 is 11.3 Å². The number of pyridine rings is 2. The summed E-state index contributed by atoms with van der Waals surface area (Å²) in [4.78, 5) is 36.7. The molecule has 37 heavy (non-hydrogen) atoms. The monoisotopic (exact) mass is 524 g/mol. The van der Waals surface area contributed by atoms with E-state index in [1.807, 2.05) is 45.7 Å². The van der Waals surface area contributed by atoms with Crippen LogP contribution in [0.15, 0.2) is 35.1 Å². The molecule has 12 heteroatoms.